The molecule has 2 unspecified atom stereocenters. The maximum absolute atomic E-state index is 6.60. The van der Waals surface area contributed by atoms with E-state index in [9.17, 15) is 0 Å². The lowest BCUT2D eigenvalue weighted by atomic mass is 9.81. The first kappa shape index (κ1) is 17.6. The monoisotopic (exact) mass is 381 g/mol. The van der Waals surface area contributed by atoms with Gasteiger partial charge < -0.3 is 19.2 Å². The number of hydrogen-bond donors (Lipinski definition) is 1. The number of hydrazine groups is 1. The second-order valence-corrected chi connectivity index (χ2v) is 8.17. The summed E-state index contributed by atoms with van der Waals surface area (Å²) in [7, 11) is 1.85. The van der Waals surface area contributed by atoms with E-state index in [0.29, 0.717) is 0 Å². The van der Waals surface area contributed by atoms with Crippen molar-refractivity contribution >= 4 is 5.69 Å². The van der Waals surface area contributed by atoms with Gasteiger partial charge in [-0.05, 0) is 43.5 Å². The second-order valence-electron chi connectivity index (χ2n) is 8.17. The molecule has 5 rings (SSSR count). The SMILES string of the molecule is CN(N)c1ccc(C2CC(C)(N3CCCC3)Oc3cc4c(cc32)OCO4)cc1. The molecule has 2 aromatic carbocycles. The van der Waals surface area contributed by atoms with Gasteiger partial charge in [0, 0.05) is 44.1 Å². The summed E-state index contributed by atoms with van der Waals surface area (Å²) in [6.45, 7) is 4.66. The average Bonchev–Trinajstić information content (AvgIpc) is 3.38. The topological polar surface area (TPSA) is 60.2 Å². The first-order valence-electron chi connectivity index (χ1n) is 9.99. The fourth-order valence-electron chi connectivity index (χ4n) is 4.69. The van der Waals surface area contributed by atoms with Crippen molar-refractivity contribution in [3.63, 3.8) is 0 Å². The van der Waals surface area contributed by atoms with Gasteiger partial charge in [-0.1, -0.05) is 12.1 Å². The highest BCUT2D eigenvalue weighted by molar-refractivity contribution is 5.57. The minimum atomic E-state index is -0.328. The highest BCUT2D eigenvalue weighted by Crippen LogP contribution is 2.50. The van der Waals surface area contributed by atoms with Gasteiger partial charge in [-0.2, -0.15) is 0 Å². The van der Waals surface area contributed by atoms with Crippen molar-refractivity contribution in [3.05, 3.63) is 47.5 Å². The van der Waals surface area contributed by atoms with Crippen LogP contribution in [0.4, 0.5) is 5.69 Å². The van der Waals surface area contributed by atoms with E-state index in [1.165, 1.54) is 18.4 Å². The first-order valence-corrected chi connectivity index (χ1v) is 9.99. The zero-order chi connectivity index (χ0) is 19.3. The van der Waals surface area contributed by atoms with Crippen LogP contribution in [0.1, 0.15) is 43.2 Å². The molecule has 0 spiro atoms. The molecule has 28 heavy (non-hydrogen) atoms. The largest absolute Gasteiger partial charge is 0.472 e. The fraction of sp³-hybridized carbons (Fsp3) is 0.455. The van der Waals surface area contributed by atoms with Crippen LogP contribution in [0.5, 0.6) is 17.2 Å². The number of benzene rings is 2. The Morgan fingerprint density at radius 1 is 1.04 bits per heavy atom. The number of hydrogen-bond acceptors (Lipinski definition) is 6. The summed E-state index contributed by atoms with van der Waals surface area (Å²) in [6.07, 6.45) is 3.36. The van der Waals surface area contributed by atoms with Crippen LogP contribution < -0.4 is 25.1 Å². The number of anilines is 1. The zero-order valence-electron chi connectivity index (χ0n) is 16.5. The first-order chi connectivity index (χ1) is 13.5. The van der Waals surface area contributed by atoms with Gasteiger partial charge in [0.05, 0.1) is 5.69 Å². The molecule has 0 bridgehead atoms. The fourth-order valence-corrected chi connectivity index (χ4v) is 4.69. The minimum absolute atomic E-state index is 0.223. The van der Waals surface area contributed by atoms with Crippen molar-refractivity contribution in [2.75, 3.05) is 31.9 Å². The molecule has 3 aliphatic rings. The van der Waals surface area contributed by atoms with Crippen LogP contribution in [0.25, 0.3) is 0 Å². The number of nitrogens with zero attached hydrogens (tertiary/aromatic N) is 2. The molecule has 3 heterocycles. The van der Waals surface area contributed by atoms with Gasteiger partial charge in [-0.3, -0.25) is 4.90 Å². The van der Waals surface area contributed by atoms with Crippen LogP contribution in [0, 0.1) is 0 Å². The summed E-state index contributed by atoms with van der Waals surface area (Å²) in [5, 5.41) is 1.63. The Morgan fingerprint density at radius 3 is 2.39 bits per heavy atom. The lowest BCUT2D eigenvalue weighted by Gasteiger charge is -2.45. The molecule has 1 fully saturated rings. The van der Waals surface area contributed by atoms with Crippen LogP contribution in [0.3, 0.4) is 0 Å². The van der Waals surface area contributed by atoms with Crippen LogP contribution in [-0.2, 0) is 0 Å². The van der Waals surface area contributed by atoms with Crippen molar-refractivity contribution in [2.24, 2.45) is 5.84 Å². The molecule has 2 aromatic rings. The maximum Gasteiger partial charge on any atom is 0.231 e. The molecular weight excluding hydrogens is 354 g/mol. The van der Waals surface area contributed by atoms with Crippen molar-refractivity contribution in [1.29, 1.82) is 0 Å². The van der Waals surface area contributed by atoms with Gasteiger partial charge >= 0.3 is 0 Å². The number of fused-ring (bicyclic) bond motifs is 2. The van der Waals surface area contributed by atoms with E-state index in [1.54, 1.807) is 5.01 Å². The molecule has 0 aromatic heterocycles. The minimum Gasteiger partial charge on any atom is -0.472 e. The summed E-state index contributed by atoms with van der Waals surface area (Å²) in [5.41, 5.74) is 3.09. The van der Waals surface area contributed by atoms with Crippen LogP contribution in [0.2, 0.25) is 0 Å². The molecule has 0 saturated carbocycles. The highest BCUT2D eigenvalue weighted by atomic mass is 16.7. The van der Waals surface area contributed by atoms with Crippen LogP contribution >= 0.6 is 0 Å². The van der Waals surface area contributed by atoms with Gasteiger partial charge in [-0.25, -0.2) is 5.84 Å². The van der Waals surface area contributed by atoms with Crippen molar-refractivity contribution < 1.29 is 14.2 Å². The smallest absolute Gasteiger partial charge is 0.231 e. The number of ether oxygens (including phenoxy) is 3. The molecule has 148 valence electrons. The van der Waals surface area contributed by atoms with Gasteiger partial charge in [0.25, 0.3) is 0 Å². The predicted molar refractivity (Wildman–Crippen MR) is 108 cm³/mol. The molecule has 3 aliphatic heterocycles. The van der Waals surface area contributed by atoms with E-state index in [0.717, 1.165) is 48.0 Å². The van der Waals surface area contributed by atoms with Gasteiger partial charge in [0.2, 0.25) is 6.79 Å². The number of nitrogens with two attached hydrogens (primary N) is 1. The van der Waals surface area contributed by atoms with E-state index in [4.69, 9.17) is 20.1 Å². The Bertz CT molecular complexity index is 877. The van der Waals surface area contributed by atoms with Crippen LogP contribution in [0.15, 0.2) is 36.4 Å². The molecule has 2 atom stereocenters. The van der Waals surface area contributed by atoms with Gasteiger partial charge in [0.15, 0.2) is 17.2 Å². The number of likely N-dealkylation sites (tertiary alicyclic amines) is 1. The van der Waals surface area contributed by atoms with E-state index in [-0.39, 0.29) is 18.4 Å². The Kier molecular flexibility index (Phi) is 4.14. The summed E-state index contributed by atoms with van der Waals surface area (Å²) < 4.78 is 17.9. The molecule has 0 aliphatic carbocycles. The normalized spacial score (nSPS) is 26.0. The summed E-state index contributed by atoms with van der Waals surface area (Å²) in [5.74, 6) is 8.57. The van der Waals surface area contributed by atoms with E-state index in [2.05, 4.69) is 42.2 Å². The molecule has 1 saturated heterocycles. The summed E-state index contributed by atoms with van der Waals surface area (Å²) >= 11 is 0. The predicted octanol–water partition coefficient (Wildman–Crippen LogP) is 3.45. The Labute approximate surface area is 165 Å². The lowest BCUT2D eigenvalue weighted by Crippen LogP contribution is -2.52. The Hall–Kier alpha value is -2.44. The molecule has 2 N–H and O–H groups in total. The molecule has 6 heteroatoms. The maximum atomic E-state index is 6.60. The molecule has 6 nitrogen and oxygen atoms in total. The third-order valence-corrected chi connectivity index (χ3v) is 6.27. The van der Waals surface area contributed by atoms with E-state index >= 15 is 0 Å². The van der Waals surface area contributed by atoms with E-state index in [1.807, 2.05) is 13.1 Å². The van der Waals surface area contributed by atoms with Gasteiger partial charge in [0.1, 0.15) is 5.75 Å². The Morgan fingerprint density at radius 2 is 1.71 bits per heavy atom. The standard InChI is InChI=1S/C22H27N3O3/c1-22(25-9-3-4-10-25)13-18(15-5-7-16(8-6-15)24(2)23)17-11-20-21(27-14-26-20)12-19(17)28-22/h5-8,11-12,18H,3-4,9-10,13-14,23H2,1-2H3. The Balaban J connectivity index is 1.58. The molecule has 0 amide bonds. The van der Waals surface area contributed by atoms with Crippen molar-refractivity contribution in [1.82, 2.24) is 4.90 Å². The lowest BCUT2D eigenvalue weighted by molar-refractivity contribution is -0.0768. The number of rotatable bonds is 3. The van der Waals surface area contributed by atoms with E-state index < -0.39 is 0 Å². The third-order valence-electron chi connectivity index (χ3n) is 6.27. The molecular formula is C22H27N3O3. The summed E-state index contributed by atoms with van der Waals surface area (Å²) in [4.78, 5) is 2.48. The molecule has 0 radical (unpaired) electrons. The third kappa shape index (κ3) is 2.88. The van der Waals surface area contributed by atoms with Gasteiger partial charge in [-0.15, -0.1) is 0 Å². The highest BCUT2D eigenvalue weighted by Gasteiger charge is 2.44. The van der Waals surface area contributed by atoms with Crippen molar-refractivity contribution in [3.8, 4) is 17.2 Å². The van der Waals surface area contributed by atoms with Crippen LogP contribution in [-0.4, -0.2) is 37.6 Å². The average molecular weight is 381 g/mol. The quantitative estimate of drug-likeness (QED) is 0.649. The zero-order valence-corrected chi connectivity index (χ0v) is 16.5. The second kappa shape index (κ2) is 6.57. The van der Waals surface area contributed by atoms with Crippen molar-refractivity contribution in [2.45, 2.75) is 37.8 Å². The summed E-state index contributed by atoms with van der Waals surface area (Å²) in [6, 6.07) is 12.6.